The third-order valence-corrected chi connectivity index (χ3v) is 13.2. The Balaban J connectivity index is 0.000000204. The van der Waals surface area contributed by atoms with E-state index in [1.54, 1.807) is 0 Å². The minimum absolute atomic E-state index is 0.0154. The zero-order valence-corrected chi connectivity index (χ0v) is 27.8. The SMILES string of the molecule is CCCCCC.C[C@]12CC[C@@H](O)C[C@H]1CC[C@@H]1[C@@H]2C(=O)C[C@@]2(C)[C@H]1CC[C@]2(O)C(=O)CO.NC1CCSc2ccccc21. The Hall–Kier alpha value is -1.25. The number of rotatable bonds is 5. The topological polar surface area (TPSA) is 121 Å². The molecule has 1 unspecified atom stereocenters. The molecule has 0 radical (unpaired) electrons. The van der Waals surface area contributed by atoms with Gasteiger partial charge in [-0.15, -0.1) is 11.8 Å². The standard InChI is InChI=1S/C21H32O5.C9H11NS.C6H14/c1-19-7-5-13(23)9-12(19)3-4-14-15-6-8-21(26,17(25)11-22)20(15,2)10-16(24)18(14)19;10-8-5-6-11-9-4-2-1-3-7(8)9;1-3-5-6-4-2/h12-15,18,22-23,26H,3-11H2,1-2H3;1-4,8H,5-6,10H2;3-6H2,1-2H3/t12-,13-,14+,15+,18-,19+,20+,21+;;/m1../s1. The van der Waals surface area contributed by atoms with E-state index in [1.165, 1.54) is 36.1 Å². The Morgan fingerprint density at radius 3 is 2.37 bits per heavy atom. The van der Waals surface area contributed by atoms with Gasteiger partial charge in [0.2, 0.25) is 0 Å². The van der Waals surface area contributed by atoms with Gasteiger partial charge in [0.1, 0.15) is 18.0 Å². The van der Waals surface area contributed by atoms with Crippen molar-refractivity contribution in [3.05, 3.63) is 29.8 Å². The number of aliphatic hydroxyl groups is 3. The lowest BCUT2D eigenvalue weighted by Crippen LogP contribution is -2.62. The van der Waals surface area contributed by atoms with Crippen LogP contribution in [0.5, 0.6) is 0 Å². The highest BCUT2D eigenvalue weighted by atomic mass is 32.2. The lowest BCUT2D eigenvalue weighted by atomic mass is 9.44. The maximum absolute atomic E-state index is 13.4. The van der Waals surface area contributed by atoms with Crippen LogP contribution in [-0.4, -0.2) is 51.0 Å². The van der Waals surface area contributed by atoms with E-state index in [1.807, 2.05) is 18.7 Å². The van der Waals surface area contributed by atoms with E-state index >= 15 is 0 Å². The van der Waals surface area contributed by atoms with Crippen LogP contribution in [0.3, 0.4) is 0 Å². The Morgan fingerprint density at radius 1 is 1.02 bits per heavy atom. The van der Waals surface area contributed by atoms with E-state index < -0.39 is 23.4 Å². The molecule has 6 rings (SSSR count). The van der Waals surface area contributed by atoms with Gasteiger partial charge in [0.05, 0.1) is 6.10 Å². The van der Waals surface area contributed by atoms with E-state index in [0.29, 0.717) is 12.3 Å². The number of aliphatic hydroxyl groups excluding tert-OH is 2. The summed E-state index contributed by atoms with van der Waals surface area (Å²) in [7, 11) is 0. The third kappa shape index (κ3) is 6.67. The van der Waals surface area contributed by atoms with Crippen LogP contribution in [0.15, 0.2) is 29.2 Å². The number of benzene rings is 1. The van der Waals surface area contributed by atoms with Gasteiger partial charge >= 0.3 is 0 Å². The molecule has 1 aromatic rings. The highest BCUT2D eigenvalue weighted by Crippen LogP contribution is 2.67. The largest absolute Gasteiger partial charge is 0.393 e. The Kier molecular flexibility index (Phi) is 11.6. The van der Waals surface area contributed by atoms with Gasteiger partial charge in [-0.25, -0.2) is 0 Å². The zero-order valence-electron chi connectivity index (χ0n) is 27.0. The summed E-state index contributed by atoms with van der Waals surface area (Å²) in [4.78, 5) is 27.1. The van der Waals surface area contributed by atoms with Crippen LogP contribution < -0.4 is 5.73 Å². The lowest BCUT2D eigenvalue weighted by molar-refractivity contribution is -0.180. The van der Waals surface area contributed by atoms with Crippen LogP contribution in [0.1, 0.15) is 123 Å². The van der Waals surface area contributed by atoms with Crippen LogP contribution in [0, 0.1) is 34.5 Å². The molecule has 0 spiro atoms. The van der Waals surface area contributed by atoms with Crippen molar-refractivity contribution in [2.24, 2.45) is 40.2 Å². The van der Waals surface area contributed by atoms with Crippen LogP contribution in [0.2, 0.25) is 0 Å². The number of carbonyl (C=O) groups is 2. The first-order valence-electron chi connectivity index (χ1n) is 17.0. The van der Waals surface area contributed by atoms with Crippen molar-refractivity contribution in [3.63, 3.8) is 0 Å². The lowest BCUT2D eigenvalue weighted by Gasteiger charge is -2.60. The smallest absolute Gasteiger partial charge is 0.190 e. The maximum Gasteiger partial charge on any atom is 0.190 e. The summed E-state index contributed by atoms with van der Waals surface area (Å²) in [5, 5.41) is 30.6. The van der Waals surface area contributed by atoms with E-state index in [0.717, 1.165) is 50.7 Å². The highest BCUT2D eigenvalue weighted by Gasteiger charge is 2.68. The summed E-state index contributed by atoms with van der Waals surface area (Å²) in [6, 6.07) is 8.69. The molecule has 0 amide bonds. The van der Waals surface area contributed by atoms with E-state index in [2.05, 4.69) is 45.0 Å². The number of thioether (sulfide) groups is 1. The molecule has 0 aromatic heterocycles. The second kappa shape index (κ2) is 14.5. The van der Waals surface area contributed by atoms with Crippen LogP contribution >= 0.6 is 11.8 Å². The maximum atomic E-state index is 13.4. The van der Waals surface area contributed by atoms with Crippen LogP contribution in [0.25, 0.3) is 0 Å². The monoisotopic (exact) mass is 615 g/mol. The van der Waals surface area contributed by atoms with Crippen LogP contribution in [0.4, 0.5) is 0 Å². The number of nitrogens with two attached hydrogens (primary N) is 1. The van der Waals surface area contributed by atoms with Crippen molar-refractivity contribution in [2.75, 3.05) is 12.4 Å². The molecule has 242 valence electrons. The fraction of sp³-hybridized carbons (Fsp3) is 0.778. The summed E-state index contributed by atoms with van der Waals surface area (Å²) in [5.74, 6) is 1.54. The molecule has 5 aliphatic rings. The Bertz CT molecular complexity index is 1110. The van der Waals surface area contributed by atoms with Gasteiger partial charge < -0.3 is 21.1 Å². The summed E-state index contributed by atoms with van der Waals surface area (Å²) >= 11 is 1.91. The van der Waals surface area contributed by atoms with Gasteiger partial charge in [-0.3, -0.25) is 9.59 Å². The van der Waals surface area contributed by atoms with Crippen LogP contribution in [-0.2, 0) is 9.59 Å². The fourth-order valence-corrected chi connectivity index (χ4v) is 10.7. The van der Waals surface area contributed by atoms with Crippen molar-refractivity contribution in [1.82, 2.24) is 0 Å². The predicted octanol–water partition coefficient (Wildman–Crippen LogP) is 6.63. The number of unbranched alkanes of at least 4 members (excludes halogenated alkanes) is 3. The molecule has 4 aliphatic carbocycles. The molecule has 6 nitrogen and oxygen atoms in total. The molecule has 43 heavy (non-hydrogen) atoms. The number of hydrogen-bond donors (Lipinski definition) is 4. The van der Waals surface area contributed by atoms with Crippen molar-refractivity contribution in [3.8, 4) is 0 Å². The van der Waals surface area contributed by atoms with Gasteiger partial charge in [0, 0.05) is 28.7 Å². The normalized spacial score (nSPS) is 39.5. The highest BCUT2D eigenvalue weighted by molar-refractivity contribution is 7.99. The van der Waals surface area contributed by atoms with Gasteiger partial charge in [-0.05, 0) is 91.9 Å². The first kappa shape index (κ1) is 34.6. The predicted molar refractivity (Wildman–Crippen MR) is 174 cm³/mol. The minimum Gasteiger partial charge on any atom is -0.393 e. The molecule has 4 saturated carbocycles. The molecular formula is C36H57NO5S. The number of carbonyl (C=O) groups excluding carboxylic acids is 2. The van der Waals surface area contributed by atoms with E-state index in [-0.39, 0.29) is 47.5 Å². The summed E-state index contributed by atoms with van der Waals surface area (Å²) < 4.78 is 0. The first-order valence-corrected chi connectivity index (χ1v) is 18.0. The summed E-state index contributed by atoms with van der Waals surface area (Å²) in [6.45, 7) is 7.93. The molecule has 1 aliphatic heterocycles. The number of ketones is 2. The Labute approximate surface area is 264 Å². The quantitative estimate of drug-likeness (QED) is 0.274. The minimum atomic E-state index is -1.58. The molecule has 5 N–H and O–H groups in total. The molecule has 0 bridgehead atoms. The molecule has 9 atom stereocenters. The van der Waals surface area contributed by atoms with Crippen molar-refractivity contribution >= 4 is 23.3 Å². The van der Waals surface area contributed by atoms with Gasteiger partial charge in [0.15, 0.2) is 5.78 Å². The van der Waals surface area contributed by atoms with Crippen molar-refractivity contribution in [1.29, 1.82) is 0 Å². The Morgan fingerprint density at radius 2 is 1.72 bits per heavy atom. The average Bonchev–Trinajstić information content (AvgIpc) is 3.27. The molecular weight excluding hydrogens is 558 g/mol. The van der Waals surface area contributed by atoms with Gasteiger partial charge in [-0.1, -0.05) is 71.6 Å². The second-order valence-corrected chi connectivity index (χ2v) is 15.6. The number of fused-ring (bicyclic) bond motifs is 6. The molecule has 1 heterocycles. The van der Waals surface area contributed by atoms with Gasteiger partial charge in [-0.2, -0.15) is 0 Å². The summed E-state index contributed by atoms with van der Waals surface area (Å²) in [5.41, 5.74) is 4.85. The number of Topliss-reactive ketones (excluding diaryl/α,β-unsaturated/α-hetero) is 2. The first-order chi connectivity index (χ1) is 20.5. The second-order valence-electron chi connectivity index (χ2n) is 14.5. The molecule has 7 heteroatoms. The average molecular weight is 616 g/mol. The van der Waals surface area contributed by atoms with Crippen molar-refractivity contribution in [2.45, 2.75) is 134 Å². The number of hydrogen-bond acceptors (Lipinski definition) is 7. The van der Waals surface area contributed by atoms with E-state index in [4.69, 9.17) is 5.73 Å². The molecule has 4 fully saturated rings. The van der Waals surface area contributed by atoms with Crippen molar-refractivity contribution < 1.29 is 24.9 Å². The van der Waals surface area contributed by atoms with Gasteiger partial charge in [0.25, 0.3) is 0 Å². The third-order valence-electron chi connectivity index (χ3n) is 12.0. The zero-order chi connectivity index (χ0) is 31.4. The summed E-state index contributed by atoms with van der Waals surface area (Å²) in [6.07, 6.45) is 12.1. The molecule has 0 saturated heterocycles. The fourth-order valence-electron chi connectivity index (χ4n) is 9.51. The van der Waals surface area contributed by atoms with E-state index in [9.17, 15) is 24.9 Å². The molecule has 1 aromatic carbocycles.